The van der Waals surface area contributed by atoms with Crippen LogP contribution in [0.3, 0.4) is 0 Å². The van der Waals surface area contributed by atoms with Gasteiger partial charge in [0.25, 0.3) is 5.56 Å². The van der Waals surface area contributed by atoms with E-state index in [0.29, 0.717) is 0 Å². The van der Waals surface area contributed by atoms with E-state index in [0.717, 1.165) is 4.57 Å². The molecule has 0 amide bonds. The van der Waals surface area contributed by atoms with Crippen LogP contribution >= 0.6 is 0 Å². The molecule has 96 valence electrons. The molecule has 0 spiro atoms. The Morgan fingerprint density at radius 2 is 2.06 bits per heavy atom. The zero-order chi connectivity index (χ0) is 13.4. The zero-order valence-corrected chi connectivity index (χ0v) is 9.78. The molecule has 2 atom stereocenters. The van der Waals surface area contributed by atoms with Crippen LogP contribution in [-0.2, 0) is 7.05 Å². The summed E-state index contributed by atoms with van der Waals surface area (Å²) in [6.07, 6.45) is -1.06. The maximum Gasteiger partial charge on any atom is 0.329 e. The van der Waals surface area contributed by atoms with Gasteiger partial charge in [0.15, 0.2) is 11.2 Å². The molecule has 0 bridgehead atoms. The SMILES string of the molecule is CC(O)C(O)c1cnc2c(n1)c(=O)[nH]c(=O)n2C. The van der Waals surface area contributed by atoms with E-state index in [9.17, 15) is 19.8 Å². The summed E-state index contributed by atoms with van der Waals surface area (Å²) in [6, 6.07) is 0. The molecule has 2 unspecified atom stereocenters. The number of aryl methyl sites for hydroxylation is 1. The first-order valence-electron chi connectivity index (χ1n) is 5.24. The lowest BCUT2D eigenvalue weighted by atomic mass is 10.2. The minimum absolute atomic E-state index is 0.0608. The van der Waals surface area contributed by atoms with E-state index < -0.39 is 23.5 Å². The first kappa shape index (κ1) is 12.4. The lowest BCUT2D eigenvalue weighted by molar-refractivity contribution is 0.0278. The summed E-state index contributed by atoms with van der Waals surface area (Å²) in [5.74, 6) is 0. The van der Waals surface area contributed by atoms with Crippen molar-refractivity contribution >= 4 is 11.2 Å². The highest BCUT2D eigenvalue weighted by molar-refractivity contribution is 5.68. The second-order valence-electron chi connectivity index (χ2n) is 3.97. The zero-order valence-electron chi connectivity index (χ0n) is 9.78. The minimum Gasteiger partial charge on any atom is -0.390 e. The number of aliphatic hydroxyl groups excluding tert-OH is 2. The number of rotatable bonds is 2. The molecule has 2 aromatic heterocycles. The Labute approximate surface area is 101 Å². The molecule has 0 radical (unpaired) electrons. The number of hydrogen-bond acceptors (Lipinski definition) is 6. The maximum absolute atomic E-state index is 11.6. The lowest BCUT2D eigenvalue weighted by Crippen LogP contribution is -2.30. The van der Waals surface area contributed by atoms with E-state index >= 15 is 0 Å². The second kappa shape index (κ2) is 4.31. The van der Waals surface area contributed by atoms with Gasteiger partial charge in [0, 0.05) is 7.05 Å². The van der Waals surface area contributed by atoms with Crippen LogP contribution in [0.5, 0.6) is 0 Å². The van der Waals surface area contributed by atoms with Crippen LogP contribution in [-0.4, -0.2) is 35.8 Å². The molecule has 2 rings (SSSR count). The summed E-state index contributed by atoms with van der Waals surface area (Å²) in [4.78, 5) is 32.8. The van der Waals surface area contributed by atoms with Gasteiger partial charge in [-0.25, -0.2) is 14.8 Å². The standard InChI is InChI=1S/C10H12N4O4/c1-4(15)7(16)5-3-11-8-6(12-5)9(17)13-10(18)14(8)2/h3-4,7,15-16H,1-2H3,(H,13,17,18). The van der Waals surface area contributed by atoms with Gasteiger partial charge in [-0.1, -0.05) is 0 Å². The molecule has 0 aliphatic heterocycles. The molecular weight excluding hydrogens is 240 g/mol. The number of hydrogen-bond donors (Lipinski definition) is 3. The maximum atomic E-state index is 11.6. The Kier molecular flexibility index (Phi) is 2.97. The molecule has 0 aromatic carbocycles. The van der Waals surface area contributed by atoms with Crippen molar-refractivity contribution in [3.05, 3.63) is 32.7 Å². The van der Waals surface area contributed by atoms with Crippen molar-refractivity contribution in [2.75, 3.05) is 0 Å². The van der Waals surface area contributed by atoms with Crippen LogP contribution in [0.2, 0.25) is 0 Å². The van der Waals surface area contributed by atoms with Gasteiger partial charge in [-0.05, 0) is 6.92 Å². The van der Waals surface area contributed by atoms with Gasteiger partial charge in [0.1, 0.15) is 6.10 Å². The summed E-state index contributed by atoms with van der Waals surface area (Å²) < 4.78 is 1.14. The van der Waals surface area contributed by atoms with Gasteiger partial charge in [-0.3, -0.25) is 14.3 Å². The highest BCUT2D eigenvalue weighted by Crippen LogP contribution is 2.14. The predicted molar refractivity (Wildman–Crippen MR) is 62.0 cm³/mol. The van der Waals surface area contributed by atoms with E-state index in [-0.39, 0.29) is 16.9 Å². The van der Waals surface area contributed by atoms with Crippen LogP contribution in [0.15, 0.2) is 15.8 Å². The monoisotopic (exact) mass is 252 g/mol. The number of nitrogens with one attached hydrogen (secondary N) is 1. The smallest absolute Gasteiger partial charge is 0.329 e. The van der Waals surface area contributed by atoms with Crippen molar-refractivity contribution < 1.29 is 10.2 Å². The number of aromatic amines is 1. The Bertz CT molecular complexity index is 703. The molecule has 0 aliphatic rings. The molecule has 8 nitrogen and oxygen atoms in total. The molecule has 2 heterocycles. The Hall–Kier alpha value is -2.06. The largest absolute Gasteiger partial charge is 0.390 e. The van der Waals surface area contributed by atoms with Crippen molar-refractivity contribution in [1.29, 1.82) is 0 Å². The molecule has 0 saturated carbocycles. The van der Waals surface area contributed by atoms with Gasteiger partial charge in [0.05, 0.1) is 18.0 Å². The molecular formula is C10H12N4O4. The van der Waals surface area contributed by atoms with Crippen LogP contribution in [0, 0.1) is 0 Å². The van der Waals surface area contributed by atoms with E-state index in [1.54, 1.807) is 0 Å². The van der Waals surface area contributed by atoms with E-state index in [1.165, 1.54) is 20.2 Å². The summed E-state index contributed by atoms with van der Waals surface area (Å²) >= 11 is 0. The van der Waals surface area contributed by atoms with Crippen LogP contribution in [0.25, 0.3) is 11.2 Å². The summed E-state index contributed by atoms with van der Waals surface area (Å²) in [7, 11) is 1.44. The van der Waals surface area contributed by atoms with Crippen molar-refractivity contribution in [3.8, 4) is 0 Å². The van der Waals surface area contributed by atoms with Gasteiger partial charge >= 0.3 is 5.69 Å². The highest BCUT2D eigenvalue weighted by Gasteiger charge is 2.17. The molecule has 0 aliphatic carbocycles. The van der Waals surface area contributed by atoms with Crippen molar-refractivity contribution in [2.45, 2.75) is 19.1 Å². The number of fused-ring (bicyclic) bond motifs is 1. The molecule has 8 heteroatoms. The lowest BCUT2D eigenvalue weighted by Gasteiger charge is -2.12. The topological polar surface area (TPSA) is 121 Å². The average molecular weight is 252 g/mol. The predicted octanol–water partition coefficient (Wildman–Crippen LogP) is -1.57. The number of aliphatic hydroxyl groups is 2. The van der Waals surface area contributed by atoms with Crippen LogP contribution in [0.4, 0.5) is 0 Å². The number of H-pyrrole nitrogens is 1. The second-order valence-corrected chi connectivity index (χ2v) is 3.97. The van der Waals surface area contributed by atoms with E-state index in [1.807, 2.05) is 0 Å². The first-order chi connectivity index (χ1) is 8.41. The molecule has 18 heavy (non-hydrogen) atoms. The third kappa shape index (κ3) is 1.91. The Morgan fingerprint density at radius 3 is 2.67 bits per heavy atom. The molecule has 0 fully saturated rings. The third-order valence-electron chi connectivity index (χ3n) is 2.59. The Morgan fingerprint density at radius 1 is 1.39 bits per heavy atom. The summed E-state index contributed by atoms with van der Waals surface area (Å²) in [5.41, 5.74) is -1.15. The average Bonchev–Trinajstić information content (AvgIpc) is 2.34. The quantitative estimate of drug-likeness (QED) is 0.593. The molecule has 3 N–H and O–H groups in total. The Balaban J connectivity index is 2.74. The summed E-state index contributed by atoms with van der Waals surface area (Å²) in [5, 5.41) is 18.9. The summed E-state index contributed by atoms with van der Waals surface area (Å²) in [6.45, 7) is 1.39. The van der Waals surface area contributed by atoms with Crippen molar-refractivity contribution in [1.82, 2.24) is 19.5 Å². The van der Waals surface area contributed by atoms with E-state index in [2.05, 4.69) is 15.0 Å². The minimum atomic E-state index is -1.24. The fourth-order valence-corrected chi connectivity index (χ4v) is 1.52. The normalized spacial score (nSPS) is 14.7. The fraction of sp³-hybridized carbons (Fsp3) is 0.400. The van der Waals surface area contributed by atoms with Gasteiger partial charge in [0.2, 0.25) is 0 Å². The van der Waals surface area contributed by atoms with Gasteiger partial charge < -0.3 is 10.2 Å². The molecule has 0 saturated heterocycles. The van der Waals surface area contributed by atoms with Crippen LogP contribution in [0.1, 0.15) is 18.7 Å². The van der Waals surface area contributed by atoms with Crippen molar-refractivity contribution in [2.24, 2.45) is 7.05 Å². The highest BCUT2D eigenvalue weighted by atomic mass is 16.3. The van der Waals surface area contributed by atoms with Crippen LogP contribution < -0.4 is 11.2 Å². The molecule has 2 aromatic rings. The van der Waals surface area contributed by atoms with Gasteiger partial charge in [-0.2, -0.15) is 0 Å². The number of aromatic nitrogens is 4. The van der Waals surface area contributed by atoms with Crippen molar-refractivity contribution in [3.63, 3.8) is 0 Å². The first-order valence-corrected chi connectivity index (χ1v) is 5.24. The van der Waals surface area contributed by atoms with Gasteiger partial charge in [-0.15, -0.1) is 0 Å². The number of nitrogens with zero attached hydrogens (tertiary/aromatic N) is 3. The van der Waals surface area contributed by atoms with E-state index in [4.69, 9.17) is 0 Å². The third-order valence-corrected chi connectivity index (χ3v) is 2.59. The fourth-order valence-electron chi connectivity index (χ4n) is 1.52.